The van der Waals surface area contributed by atoms with Crippen LogP contribution in [0, 0.1) is 5.82 Å². The van der Waals surface area contributed by atoms with Crippen LogP contribution in [0.4, 0.5) is 4.39 Å². The molecule has 0 bridgehead atoms. The van der Waals surface area contributed by atoms with Gasteiger partial charge in [0.1, 0.15) is 5.82 Å². The summed E-state index contributed by atoms with van der Waals surface area (Å²) in [5, 5.41) is 3.37. The van der Waals surface area contributed by atoms with E-state index in [9.17, 15) is 4.39 Å². The zero-order chi connectivity index (χ0) is 14.9. The van der Waals surface area contributed by atoms with E-state index in [1.54, 1.807) is 6.07 Å². The molecule has 0 aliphatic heterocycles. The Kier molecular flexibility index (Phi) is 6.86. The Morgan fingerprint density at radius 3 is 2.71 bits per heavy atom. The minimum atomic E-state index is -0.235. The number of benzene rings is 2. The number of nitrogens with one attached hydrogen (secondary N) is 1. The van der Waals surface area contributed by atoms with Crippen molar-refractivity contribution in [1.29, 1.82) is 0 Å². The topological polar surface area (TPSA) is 21.3 Å². The molecule has 0 unspecified atom stereocenters. The van der Waals surface area contributed by atoms with Crippen molar-refractivity contribution in [3.8, 4) is 0 Å². The van der Waals surface area contributed by atoms with E-state index in [-0.39, 0.29) is 5.82 Å². The fourth-order valence-corrected chi connectivity index (χ4v) is 2.32. The highest BCUT2D eigenvalue weighted by atomic mass is 79.9. The lowest BCUT2D eigenvalue weighted by atomic mass is 10.2. The van der Waals surface area contributed by atoms with Crippen molar-refractivity contribution in [2.45, 2.75) is 19.6 Å². The van der Waals surface area contributed by atoms with Crippen molar-refractivity contribution in [3.63, 3.8) is 0 Å². The smallest absolute Gasteiger partial charge is 0.123 e. The van der Waals surface area contributed by atoms with Crippen LogP contribution in [0.3, 0.4) is 0 Å². The lowest BCUT2D eigenvalue weighted by Gasteiger charge is -2.08. The molecule has 0 atom stereocenters. The molecule has 0 saturated carbocycles. The number of hydrogen-bond acceptors (Lipinski definition) is 2. The molecular formula is C17H19BrFNO. The normalized spacial score (nSPS) is 10.8. The fourth-order valence-electron chi connectivity index (χ4n) is 1.96. The molecule has 0 aromatic heterocycles. The van der Waals surface area contributed by atoms with Crippen LogP contribution in [-0.2, 0) is 17.9 Å². The van der Waals surface area contributed by atoms with Crippen LogP contribution in [0.15, 0.2) is 53.0 Å². The second kappa shape index (κ2) is 8.93. The van der Waals surface area contributed by atoms with Gasteiger partial charge in [0.25, 0.3) is 0 Å². The molecule has 1 N–H and O–H groups in total. The minimum Gasteiger partial charge on any atom is -0.377 e. The Hall–Kier alpha value is -1.23. The first-order chi connectivity index (χ1) is 10.3. The Morgan fingerprint density at radius 1 is 1.10 bits per heavy atom. The summed E-state index contributed by atoms with van der Waals surface area (Å²) >= 11 is 3.39. The van der Waals surface area contributed by atoms with Gasteiger partial charge in [0.2, 0.25) is 0 Å². The van der Waals surface area contributed by atoms with Crippen LogP contribution < -0.4 is 5.32 Å². The molecule has 0 spiro atoms. The third kappa shape index (κ3) is 5.96. The van der Waals surface area contributed by atoms with Gasteiger partial charge >= 0.3 is 0 Å². The summed E-state index contributed by atoms with van der Waals surface area (Å²) in [6.45, 7) is 2.86. The highest BCUT2D eigenvalue weighted by molar-refractivity contribution is 9.10. The first-order valence-corrected chi connectivity index (χ1v) is 7.81. The fraction of sp³-hybridized carbons (Fsp3) is 0.294. The van der Waals surface area contributed by atoms with E-state index in [0.29, 0.717) is 13.2 Å². The Bertz CT molecular complexity index is 548. The minimum absolute atomic E-state index is 0.235. The monoisotopic (exact) mass is 351 g/mol. The lowest BCUT2D eigenvalue weighted by molar-refractivity contribution is 0.118. The van der Waals surface area contributed by atoms with E-state index < -0.39 is 0 Å². The summed E-state index contributed by atoms with van der Waals surface area (Å²) in [4.78, 5) is 0. The predicted molar refractivity (Wildman–Crippen MR) is 86.5 cm³/mol. The van der Waals surface area contributed by atoms with E-state index in [1.165, 1.54) is 17.7 Å². The molecule has 0 radical (unpaired) electrons. The summed E-state index contributed by atoms with van der Waals surface area (Å²) in [5.41, 5.74) is 2.12. The maximum atomic E-state index is 13.1. The van der Waals surface area contributed by atoms with E-state index in [2.05, 4.69) is 33.4 Å². The molecule has 0 aliphatic carbocycles. The number of halogens is 2. The largest absolute Gasteiger partial charge is 0.377 e. The zero-order valence-electron chi connectivity index (χ0n) is 11.8. The third-order valence-electron chi connectivity index (χ3n) is 3.08. The summed E-state index contributed by atoms with van der Waals surface area (Å²) < 4.78 is 19.5. The van der Waals surface area contributed by atoms with Gasteiger partial charge in [-0.15, -0.1) is 0 Å². The van der Waals surface area contributed by atoms with Crippen LogP contribution in [0.1, 0.15) is 17.5 Å². The van der Waals surface area contributed by atoms with Gasteiger partial charge in [0.15, 0.2) is 0 Å². The maximum Gasteiger partial charge on any atom is 0.123 e. The lowest BCUT2D eigenvalue weighted by Crippen LogP contribution is -2.16. The van der Waals surface area contributed by atoms with E-state index in [4.69, 9.17) is 4.74 Å². The van der Waals surface area contributed by atoms with Gasteiger partial charge in [-0.2, -0.15) is 0 Å². The van der Waals surface area contributed by atoms with Gasteiger partial charge in [-0.05, 0) is 42.3 Å². The molecule has 21 heavy (non-hydrogen) atoms. The van der Waals surface area contributed by atoms with Gasteiger partial charge in [0, 0.05) is 17.6 Å². The Morgan fingerprint density at radius 2 is 1.90 bits per heavy atom. The molecule has 2 nitrogen and oxygen atoms in total. The van der Waals surface area contributed by atoms with Crippen LogP contribution >= 0.6 is 15.9 Å². The predicted octanol–water partition coefficient (Wildman–Crippen LogP) is 4.28. The molecule has 2 aromatic rings. The highest BCUT2D eigenvalue weighted by Gasteiger charge is 2.01. The average Bonchev–Trinajstić information content (AvgIpc) is 2.50. The molecule has 4 heteroatoms. The van der Waals surface area contributed by atoms with Gasteiger partial charge in [-0.3, -0.25) is 0 Å². The first-order valence-electron chi connectivity index (χ1n) is 7.02. The van der Waals surface area contributed by atoms with Gasteiger partial charge in [-0.1, -0.05) is 46.3 Å². The van der Waals surface area contributed by atoms with Crippen molar-refractivity contribution in [3.05, 3.63) is 69.9 Å². The summed E-state index contributed by atoms with van der Waals surface area (Å²) in [6, 6.07) is 14.9. The van der Waals surface area contributed by atoms with E-state index in [1.807, 2.05) is 18.2 Å². The quantitative estimate of drug-likeness (QED) is 0.716. The van der Waals surface area contributed by atoms with Crippen molar-refractivity contribution < 1.29 is 9.13 Å². The molecule has 0 saturated heterocycles. The van der Waals surface area contributed by atoms with Gasteiger partial charge < -0.3 is 10.1 Å². The van der Waals surface area contributed by atoms with E-state index >= 15 is 0 Å². The van der Waals surface area contributed by atoms with Crippen molar-refractivity contribution >= 4 is 15.9 Å². The Labute approximate surface area is 133 Å². The number of hydrogen-bond donors (Lipinski definition) is 1. The summed E-state index contributed by atoms with van der Waals surface area (Å²) in [6.07, 6.45) is 0.930. The highest BCUT2D eigenvalue weighted by Crippen LogP contribution is 2.18. The van der Waals surface area contributed by atoms with Crippen LogP contribution in [0.25, 0.3) is 0 Å². The third-order valence-corrected chi connectivity index (χ3v) is 3.85. The molecule has 0 fully saturated rings. The SMILES string of the molecule is Fc1ccc(Br)c(COCCCNCc2ccccc2)c1. The van der Waals surface area contributed by atoms with E-state index in [0.717, 1.165) is 29.5 Å². The summed E-state index contributed by atoms with van der Waals surface area (Å²) in [5.74, 6) is -0.235. The van der Waals surface area contributed by atoms with Crippen molar-refractivity contribution in [2.75, 3.05) is 13.2 Å². The maximum absolute atomic E-state index is 13.1. The van der Waals surface area contributed by atoms with Crippen LogP contribution in [0.2, 0.25) is 0 Å². The average molecular weight is 352 g/mol. The van der Waals surface area contributed by atoms with Crippen LogP contribution in [-0.4, -0.2) is 13.2 Å². The van der Waals surface area contributed by atoms with Crippen molar-refractivity contribution in [2.24, 2.45) is 0 Å². The molecule has 0 heterocycles. The van der Waals surface area contributed by atoms with Crippen molar-refractivity contribution in [1.82, 2.24) is 5.32 Å². The molecule has 2 rings (SSSR count). The number of rotatable bonds is 8. The first kappa shape index (κ1) is 16.1. The van der Waals surface area contributed by atoms with Crippen LogP contribution in [0.5, 0.6) is 0 Å². The molecule has 0 aliphatic rings. The molecule has 0 amide bonds. The number of ether oxygens (including phenoxy) is 1. The zero-order valence-corrected chi connectivity index (χ0v) is 13.4. The standard InChI is InChI=1S/C17H19BrFNO/c18-17-8-7-16(19)11-15(17)13-21-10-4-9-20-12-14-5-2-1-3-6-14/h1-3,5-8,11,20H,4,9-10,12-13H2. The molecular weight excluding hydrogens is 333 g/mol. The second-order valence-electron chi connectivity index (χ2n) is 4.80. The molecule has 112 valence electrons. The van der Waals surface area contributed by atoms with Gasteiger partial charge in [0.05, 0.1) is 6.61 Å². The van der Waals surface area contributed by atoms with Gasteiger partial charge in [-0.25, -0.2) is 4.39 Å². The second-order valence-corrected chi connectivity index (χ2v) is 5.66. The Balaban J connectivity index is 1.57. The summed E-state index contributed by atoms with van der Waals surface area (Å²) in [7, 11) is 0. The molecule has 2 aromatic carbocycles.